The molecule has 2 heterocycles. The lowest BCUT2D eigenvalue weighted by molar-refractivity contribution is -0.122. The van der Waals surface area contributed by atoms with Crippen molar-refractivity contribution in [3.8, 4) is 0 Å². The molecule has 2 unspecified atom stereocenters. The second-order valence-corrected chi connectivity index (χ2v) is 7.16. The summed E-state index contributed by atoms with van der Waals surface area (Å²) in [4.78, 5) is 15.0. The summed E-state index contributed by atoms with van der Waals surface area (Å²) in [6, 6.07) is 6.35. The number of benzene rings is 1. The van der Waals surface area contributed by atoms with Crippen LogP contribution in [-0.2, 0) is 9.53 Å². The summed E-state index contributed by atoms with van der Waals surface area (Å²) in [6.45, 7) is 9.27. The summed E-state index contributed by atoms with van der Waals surface area (Å²) >= 11 is 0. The van der Waals surface area contributed by atoms with Crippen molar-refractivity contribution in [1.82, 2.24) is 0 Å². The van der Waals surface area contributed by atoms with E-state index in [1.165, 1.54) is 18.5 Å². The van der Waals surface area contributed by atoms with E-state index in [2.05, 4.69) is 43.1 Å². The molecule has 4 nitrogen and oxygen atoms in total. The molecule has 23 heavy (non-hydrogen) atoms. The third kappa shape index (κ3) is 3.52. The number of carbonyl (C=O) groups is 1. The Bertz CT molecular complexity index is 564. The van der Waals surface area contributed by atoms with Crippen molar-refractivity contribution in [3.05, 3.63) is 23.8 Å². The number of ether oxygens (including phenoxy) is 1. The normalized spacial score (nSPS) is 24.4. The molecule has 0 bridgehead atoms. The fourth-order valence-corrected chi connectivity index (χ4v) is 3.73. The van der Waals surface area contributed by atoms with E-state index >= 15 is 0 Å². The van der Waals surface area contributed by atoms with Crippen LogP contribution in [0.15, 0.2) is 18.2 Å². The Morgan fingerprint density at radius 2 is 2.04 bits per heavy atom. The van der Waals surface area contributed by atoms with E-state index in [0.717, 1.165) is 30.8 Å². The van der Waals surface area contributed by atoms with Crippen LogP contribution in [0.2, 0.25) is 0 Å². The van der Waals surface area contributed by atoms with Crippen molar-refractivity contribution in [2.75, 3.05) is 29.9 Å². The molecule has 1 aromatic carbocycles. The first-order chi connectivity index (χ1) is 11.1. The Kier molecular flexibility index (Phi) is 4.90. The first-order valence-electron chi connectivity index (χ1n) is 8.84. The number of rotatable bonds is 4. The van der Waals surface area contributed by atoms with Crippen molar-refractivity contribution in [1.29, 1.82) is 0 Å². The SMILES string of the molecule is Cc1cc(N2CCCC2)ccc1NC(=O)C1CCOC1C(C)C. The van der Waals surface area contributed by atoms with Crippen LogP contribution in [0.3, 0.4) is 0 Å². The molecule has 0 saturated carbocycles. The van der Waals surface area contributed by atoms with Crippen molar-refractivity contribution >= 4 is 17.3 Å². The maximum atomic E-state index is 12.6. The van der Waals surface area contributed by atoms with E-state index in [1.54, 1.807) is 0 Å². The zero-order valence-electron chi connectivity index (χ0n) is 14.5. The quantitative estimate of drug-likeness (QED) is 0.923. The molecule has 2 aliphatic heterocycles. The molecule has 1 N–H and O–H groups in total. The van der Waals surface area contributed by atoms with Crippen LogP contribution in [0.25, 0.3) is 0 Å². The van der Waals surface area contributed by atoms with Crippen LogP contribution >= 0.6 is 0 Å². The highest BCUT2D eigenvalue weighted by atomic mass is 16.5. The van der Waals surface area contributed by atoms with Gasteiger partial charge in [-0.15, -0.1) is 0 Å². The molecular formula is C19H28N2O2. The Morgan fingerprint density at radius 3 is 2.70 bits per heavy atom. The summed E-state index contributed by atoms with van der Waals surface area (Å²) < 4.78 is 5.74. The molecule has 2 aliphatic rings. The van der Waals surface area contributed by atoms with Gasteiger partial charge in [0.15, 0.2) is 0 Å². The summed E-state index contributed by atoms with van der Waals surface area (Å²) in [5, 5.41) is 3.12. The lowest BCUT2D eigenvalue weighted by Gasteiger charge is -2.22. The van der Waals surface area contributed by atoms with E-state index in [0.29, 0.717) is 12.5 Å². The first-order valence-corrected chi connectivity index (χ1v) is 8.84. The van der Waals surface area contributed by atoms with Crippen molar-refractivity contribution in [3.63, 3.8) is 0 Å². The lowest BCUT2D eigenvalue weighted by atomic mass is 9.92. The second-order valence-electron chi connectivity index (χ2n) is 7.16. The number of aryl methyl sites for hydroxylation is 1. The highest BCUT2D eigenvalue weighted by Gasteiger charge is 2.36. The fraction of sp³-hybridized carbons (Fsp3) is 0.632. The van der Waals surface area contributed by atoms with Gasteiger partial charge in [0.25, 0.3) is 0 Å². The Labute approximate surface area is 139 Å². The molecule has 2 atom stereocenters. The fourth-order valence-electron chi connectivity index (χ4n) is 3.73. The minimum atomic E-state index is -0.0346. The van der Waals surface area contributed by atoms with Crippen LogP contribution < -0.4 is 10.2 Å². The van der Waals surface area contributed by atoms with Gasteiger partial charge in [0.2, 0.25) is 5.91 Å². The molecule has 0 radical (unpaired) electrons. The monoisotopic (exact) mass is 316 g/mol. The summed E-state index contributed by atoms with van der Waals surface area (Å²) in [7, 11) is 0. The predicted octanol–water partition coefficient (Wildman–Crippen LogP) is 3.59. The van der Waals surface area contributed by atoms with Crippen LogP contribution in [0.5, 0.6) is 0 Å². The van der Waals surface area contributed by atoms with Gasteiger partial charge in [0, 0.05) is 31.1 Å². The van der Waals surface area contributed by atoms with Gasteiger partial charge in [-0.1, -0.05) is 13.8 Å². The van der Waals surface area contributed by atoms with Gasteiger partial charge in [-0.2, -0.15) is 0 Å². The maximum absolute atomic E-state index is 12.6. The summed E-state index contributed by atoms with van der Waals surface area (Å²) in [5.41, 5.74) is 3.32. The van der Waals surface area contributed by atoms with Gasteiger partial charge < -0.3 is 15.0 Å². The number of anilines is 2. The molecule has 2 saturated heterocycles. The Hall–Kier alpha value is -1.55. The largest absolute Gasteiger partial charge is 0.377 e. The van der Waals surface area contributed by atoms with Gasteiger partial charge in [-0.3, -0.25) is 4.79 Å². The Morgan fingerprint density at radius 1 is 1.30 bits per heavy atom. The molecular weight excluding hydrogens is 288 g/mol. The first kappa shape index (κ1) is 16.3. The zero-order valence-corrected chi connectivity index (χ0v) is 14.5. The summed E-state index contributed by atoms with van der Waals surface area (Å²) in [6.07, 6.45) is 3.41. The second kappa shape index (κ2) is 6.91. The molecule has 1 aromatic rings. The topological polar surface area (TPSA) is 41.6 Å². The average molecular weight is 316 g/mol. The van der Waals surface area contributed by atoms with Crippen molar-refractivity contribution in [2.45, 2.75) is 46.1 Å². The molecule has 1 amide bonds. The zero-order chi connectivity index (χ0) is 16.4. The minimum absolute atomic E-state index is 0.0346. The van der Waals surface area contributed by atoms with Gasteiger partial charge in [-0.05, 0) is 55.9 Å². The average Bonchev–Trinajstić information content (AvgIpc) is 3.20. The molecule has 4 heteroatoms. The third-order valence-corrected chi connectivity index (χ3v) is 5.07. The van der Waals surface area contributed by atoms with Crippen molar-refractivity contribution < 1.29 is 9.53 Å². The molecule has 3 rings (SSSR count). The van der Waals surface area contributed by atoms with Crippen LogP contribution in [0, 0.1) is 18.8 Å². The van der Waals surface area contributed by atoms with E-state index in [1.807, 2.05) is 6.07 Å². The summed E-state index contributed by atoms with van der Waals surface area (Å²) in [5.74, 6) is 0.428. The molecule has 0 aliphatic carbocycles. The number of carbonyl (C=O) groups excluding carboxylic acids is 1. The van der Waals surface area contributed by atoms with E-state index in [-0.39, 0.29) is 17.9 Å². The van der Waals surface area contributed by atoms with Crippen molar-refractivity contribution in [2.24, 2.45) is 11.8 Å². The number of hydrogen-bond acceptors (Lipinski definition) is 3. The predicted molar refractivity (Wildman–Crippen MR) is 93.9 cm³/mol. The number of amides is 1. The Balaban J connectivity index is 1.68. The number of hydrogen-bond donors (Lipinski definition) is 1. The van der Waals surface area contributed by atoms with E-state index in [4.69, 9.17) is 4.74 Å². The standard InChI is InChI=1S/C19H28N2O2/c1-13(2)18-16(8-11-23-18)19(22)20-17-7-6-15(12-14(17)3)21-9-4-5-10-21/h6-7,12-13,16,18H,4-5,8-11H2,1-3H3,(H,20,22). The lowest BCUT2D eigenvalue weighted by Crippen LogP contribution is -2.33. The van der Waals surface area contributed by atoms with E-state index in [9.17, 15) is 4.79 Å². The van der Waals surface area contributed by atoms with Crippen LogP contribution in [-0.4, -0.2) is 31.7 Å². The number of nitrogens with zero attached hydrogens (tertiary/aromatic N) is 1. The molecule has 126 valence electrons. The molecule has 0 aromatic heterocycles. The minimum Gasteiger partial charge on any atom is -0.377 e. The number of nitrogens with one attached hydrogen (secondary N) is 1. The highest BCUT2D eigenvalue weighted by molar-refractivity contribution is 5.94. The van der Waals surface area contributed by atoms with Gasteiger partial charge in [-0.25, -0.2) is 0 Å². The third-order valence-electron chi connectivity index (χ3n) is 5.07. The van der Waals surface area contributed by atoms with Crippen LogP contribution in [0.1, 0.15) is 38.7 Å². The van der Waals surface area contributed by atoms with Gasteiger partial charge in [0.05, 0.1) is 12.0 Å². The highest BCUT2D eigenvalue weighted by Crippen LogP contribution is 2.30. The van der Waals surface area contributed by atoms with Crippen LogP contribution in [0.4, 0.5) is 11.4 Å². The van der Waals surface area contributed by atoms with Gasteiger partial charge >= 0.3 is 0 Å². The maximum Gasteiger partial charge on any atom is 0.230 e. The smallest absolute Gasteiger partial charge is 0.230 e. The van der Waals surface area contributed by atoms with E-state index < -0.39 is 0 Å². The van der Waals surface area contributed by atoms with Gasteiger partial charge in [0.1, 0.15) is 0 Å². The molecule has 2 fully saturated rings. The molecule has 0 spiro atoms.